The van der Waals surface area contributed by atoms with Crippen LogP contribution in [-0.2, 0) is 24.8 Å². The van der Waals surface area contributed by atoms with Crippen molar-refractivity contribution in [2.45, 2.75) is 63.6 Å². The third-order valence-corrected chi connectivity index (χ3v) is 9.97. The third-order valence-electron chi connectivity index (χ3n) is 6.34. The fourth-order valence-electron chi connectivity index (χ4n) is 4.37. The van der Waals surface area contributed by atoms with Crippen LogP contribution in [0.25, 0.3) is 11.2 Å². The van der Waals surface area contributed by atoms with Gasteiger partial charge in [-0.15, -0.1) is 0 Å². The van der Waals surface area contributed by atoms with Gasteiger partial charge in [-0.1, -0.05) is 38.3 Å². The van der Waals surface area contributed by atoms with Gasteiger partial charge in [0.15, 0.2) is 29.1 Å². The Morgan fingerprint density at radius 3 is 2.48 bits per heavy atom. The first-order valence-corrected chi connectivity index (χ1v) is 16.6. The molecule has 2 unspecified atom stereocenters. The Balaban J connectivity index is 1.48. The minimum atomic E-state index is -4.84. The van der Waals surface area contributed by atoms with E-state index in [1.165, 1.54) is 35.7 Å². The molecule has 17 heteroatoms. The number of aliphatic hydroxyl groups excluding tert-OH is 2. The molecule has 1 saturated heterocycles. The first-order chi connectivity index (χ1) is 18.9. The predicted octanol–water partition coefficient (Wildman–Crippen LogP) is 3.30. The monoisotopic (exact) mass is 619 g/mol. The number of ether oxygens (including phenoxy) is 1. The average molecular weight is 620 g/mol. The van der Waals surface area contributed by atoms with Crippen LogP contribution in [0.2, 0.25) is 5.28 Å². The van der Waals surface area contributed by atoms with Gasteiger partial charge in [-0.25, -0.2) is 4.98 Å². The molecule has 0 radical (unpaired) electrons. The largest absolute Gasteiger partial charge is 0.387 e. The van der Waals surface area contributed by atoms with Crippen LogP contribution in [0.1, 0.15) is 44.4 Å². The Bertz CT molecular complexity index is 1400. The van der Waals surface area contributed by atoms with Crippen molar-refractivity contribution in [2.24, 2.45) is 0 Å². The lowest BCUT2D eigenvalue weighted by atomic mass is 10.1. The predicted molar refractivity (Wildman–Crippen MR) is 147 cm³/mol. The molecule has 0 spiro atoms. The summed E-state index contributed by atoms with van der Waals surface area (Å²) in [5, 5.41) is 24.1. The number of nitrogens with one attached hydrogen (secondary N) is 1. The fraction of sp³-hybridized carbons (Fsp3) is 0.522. The maximum Gasteiger partial charge on any atom is 0.340 e. The molecule has 40 heavy (non-hydrogen) atoms. The summed E-state index contributed by atoms with van der Waals surface area (Å²) in [6.45, 7) is 1.46. The Morgan fingerprint density at radius 2 is 1.80 bits per heavy atom. The summed E-state index contributed by atoms with van der Waals surface area (Å²) in [7, 11) is -9.53. The Hall–Kier alpha value is -1.96. The van der Waals surface area contributed by atoms with Gasteiger partial charge in [0.2, 0.25) is 5.28 Å². The highest BCUT2D eigenvalue weighted by Gasteiger charge is 2.45. The summed E-state index contributed by atoms with van der Waals surface area (Å²) in [5.41, 5.74) is 2.46. The lowest BCUT2D eigenvalue weighted by Gasteiger charge is -2.18. The maximum atomic E-state index is 12.0. The summed E-state index contributed by atoms with van der Waals surface area (Å²) in [6.07, 6.45) is 1.41. The summed E-state index contributed by atoms with van der Waals surface area (Å²) in [5.74, 6) is -1.09. The number of hydrogen-bond donors (Lipinski definition) is 6. The summed E-state index contributed by atoms with van der Waals surface area (Å²) in [4.78, 5) is 40.3. The number of imidazole rings is 1. The number of hydrogen-bond acceptors (Lipinski definition) is 10. The molecule has 6 N–H and O–H groups in total. The molecule has 14 nitrogen and oxygen atoms in total. The number of fused-ring (bicyclic) bond motifs is 1. The molecule has 2 aromatic heterocycles. The normalized spacial score (nSPS) is 23.0. The lowest BCUT2D eigenvalue weighted by molar-refractivity contribution is -0.0483. The molecular weight excluding hydrogens is 588 g/mol. The number of aryl methyl sites for hydroxylation is 1. The number of halogens is 1. The number of nitrogens with zero attached hydrogens (tertiary/aromatic N) is 4. The molecule has 3 aromatic rings. The van der Waals surface area contributed by atoms with Crippen LogP contribution in [0, 0.1) is 0 Å². The zero-order chi connectivity index (χ0) is 29.1. The second-order valence-electron chi connectivity index (χ2n) is 9.58. The van der Waals surface area contributed by atoms with Crippen molar-refractivity contribution in [2.75, 3.05) is 17.8 Å². The Kier molecular flexibility index (Phi) is 10.0. The quantitative estimate of drug-likeness (QED) is 0.0922. The molecule has 0 aliphatic carbocycles. The smallest absolute Gasteiger partial charge is 0.340 e. The number of unbranched alkanes of at least 4 members (excludes halogenated alkanes) is 3. The van der Waals surface area contributed by atoms with Crippen molar-refractivity contribution in [3.63, 3.8) is 0 Å². The van der Waals surface area contributed by atoms with Crippen molar-refractivity contribution < 1.29 is 43.3 Å². The molecule has 0 saturated carbocycles. The minimum Gasteiger partial charge on any atom is -0.387 e. The second-order valence-corrected chi connectivity index (χ2v) is 13.9. The summed E-state index contributed by atoms with van der Waals surface area (Å²) < 4.78 is 34.8. The van der Waals surface area contributed by atoms with Crippen LogP contribution in [0.3, 0.4) is 0 Å². The highest BCUT2D eigenvalue weighted by atomic mass is 35.5. The van der Waals surface area contributed by atoms with Gasteiger partial charge < -0.3 is 39.5 Å². The topological polar surface area (TPSA) is 209 Å². The van der Waals surface area contributed by atoms with Crippen molar-refractivity contribution in [1.29, 1.82) is 0 Å². The molecule has 1 aliphatic heterocycles. The third kappa shape index (κ3) is 7.86. The number of aliphatic hydroxyl groups is 2. The van der Waals surface area contributed by atoms with Crippen molar-refractivity contribution in [1.82, 2.24) is 19.5 Å². The SMILES string of the molecule is CCCCCCc1ccc(Nc2nc(Cl)nc3c2ncn3[C@@H]2O[C@H](COP(=O)(O)CP(=O)(O)O)[C@H](O)C2O)cc1. The molecule has 220 valence electrons. The average Bonchev–Trinajstić information content (AvgIpc) is 3.41. The van der Waals surface area contributed by atoms with Gasteiger partial charge in [0.05, 0.1) is 12.9 Å². The number of benzene rings is 1. The van der Waals surface area contributed by atoms with Gasteiger partial charge in [0.1, 0.15) is 18.3 Å². The van der Waals surface area contributed by atoms with Crippen LogP contribution in [-0.4, -0.2) is 75.2 Å². The zero-order valence-electron chi connectivity index (χ0n) is 21.6. The van der Waals surface area contributed by atoms with Gasteiger partial charge in [-0.2, -0.15) is 9.97 Å². The van der Waals surface area contributed by atoms with E-state index < -0.39 is 52.2 Å². The van der Waals surface area contributed by atoms with Crippen LogP contribution in [0.15, 0.2) is 30.6 Å². The standard InChI is InChI=1S/C23H32ClN5O9P2/c1-2-3-4-5-6-14-7-9-15(10-8-14)26-20-17-21(28-23(24)27-20)29(12-25-17)22-19(31)18(30)16(38-22)11-37-40(35,36)13-39(32,33)34/h7-10,12,16,18-19,22,30-31H,2-6,11,13H2,1H3,(H,35,36)(H,26,27,28)(H2,32,33,34)/t16-,18+,19?,22-/m1/s1. The van der Waals surface area contributed by atoms with E-state index in [1.807, 2.05) is 24.3 Å². The molecule has 0 amide bonds. The minimum absolute atomic E-state index is 0.115. The first kappa shape index (κ1) is 31.0. The van der Waals surface area contributed by atoms with Crippen LogP contribution in [0.5, 0.6) is 0 Å². The van der Waals surface area contributed by atoms with Gasteiger partial charge in [0.25, 0.3) is 0 Å². The van der Waals surface area contributed by atoms with E-state index >= 15 is 0 Å². The van der Waals surface area contributed by atoms with Crippen molar-refractivity contribution in [3.8, 4) is 0 Å². The Labute approximate surface area is 235 Å². The molecular formula is C23H32ClN5O9P2. The molecule has 1 fully saturated rings. The number of anilines is 2. The van der Waals surface area contributed by atoms with E-state index in [9.17, 15) is 24.2 Å². The molecule has 5 atom stereocenters. The molecule has 0 bridgehead atoms. The van der Waals surface area contributed by atoms with E-state index in [-0.39, 0.29) is 10.9 Å². The molecule has 3 heterocycles. The highest BCUT2D eigenvalue weighted by molar-refractivity contribution is 7.70. The number of rotatable bonds is 13. The van der Waals surface area contributed by atoms with Gasteiger partial charge in [0, 0.05) is 5.69 Å². The zero-order valence-corrected chi connectivity index (χ0v) is 24.1. The van der Waals surface area contributed by atoms with Crippen LogP contribution < -0.4 is 5.32 Å². The summed E-state index contributed by atoms with van der Waals surface area (Å²) >= 11 is 6.18. The van der Waals surface area contributed by atoms with Gasteiger partial charge in [-0.3, -0.25) is 13.7 Å². The van der Waals surface area contributed by atoms with E-state index in [4.69, 9.17) is 30.6 Å². The summed E-state index contributed by atoms with van der Waals surface area (Å²) in [6, 6.07) is 7.91. The second kappa shape index (κ2) is 12.9. The van der Waals surface area contributed by atoms with Gasteiger partial charge >= 0.3 is 15.2 Å². The van der Waals surface area contributed by atoms with Crippen LogP contribution >= 0.6 is 26.8 Å². The van der Waals surface area contributed by atoms with Crippen molar-refractivity contribution in [3.05, 3.63) is 41.4 Å². The molecule has 1 aromatic carbocycles. The molecule has 1 aliphatic rings. The van der Waals surface area contributed by atoms with Crippen molar-refractivity contribution >= 4 is 49.5 Å². The highest BCUT2D eigenvalue weighted by Crippen LogP contribution is 2.55. The molecule has 4 rings (SSSR count). The lowest BCUT2D eigenvalue weighted by Crippen LogP contribution is -2.33. The number of aromatic nitrogens is 4. The van der Waals surface area contributed by atoms with Crippen LogP contribution in [0.4, 0.5) is 11.5 Å². The van der Waals surface area contributed by atoms with E-state index in [2.05, 4.69) is 27.2 Å². The van der Waals surface area contributed by atoms with Gasteiger partial charge in [-0.05, 0) is 42.1 Å². The fourth-order valence-corrected chi connectivity index (χ4v) is 7.10. The maximum absolute atomic E-state index is 12.0. The van der Waals surface area contributed by atoms with E-state index in [1.54, 1.807) is 0 Å². The Morgan fingerprint density at radius 1 is 1.07 bits per heavy atom. The van der Waals surface area contributed by atoms with E-state index in [0.29, 0.717) is 11.3 Å². The first-order valence-electron chi connectivity index (χ1n) is 12.7. The van der Waals surface area contributed by atoms with E-state index in [0.717, 1.165) is 18.5 Å².